The van der Waals surface area contributed by atoms with Crippen LogP contribution in [0.5, 0.6) is 5.75 Å². The van der Waals surface area contributed by atoms with Crippen molar-refractivity contribution >= 4 is 16.6 Å². The van der Waals surface area contributed by atoms with Crippen molar-refractivity contribution in [2.45, 2.75) is 12.7 Å². The molecule has 0 heterocycles. The van der Waals surface area contributed by atoms with Gasteiger partial charge in [-0.25, -0.2) is 0 Å². The average molecular weight is 299 g/mol. The van der Waals surface area contributed by atoms with Gasteiger partial charge in [-0.05, 0) is 22.9 Å². The molecule has 0 amide bonds. The van der Waals surface area contributed by atoms with Gasteiger partial charge in [0.05, 0.1) is 12.5 Å². The third kappa shape index (κ3) is 3.61. The van der Waals surface area contributed by atoms with Gasteiger partial charge >= 0.3 is 0 Å². The maximum absolute atomic E-state index is 12.1. The Morgan fingerprint density at radius 1 is 1.23 bits per heavy atom. The molecular weight excluding hydrogens is 282 g/mol. The van der Waals surface area contributed by atoms with Gasteiger partial charge in [-0.2, -0.15) is 5.26 Å². The second-order valence-corrected chi connectivity index (χ2v) is 4.66. The highest BCUT2D eigenvalue weighted by Gasteiger charge is 2.13. The molecule has 2 rings (SSSR count). The Balaban J connectivity index is 2.36. The smallest absolute Gasteiger partial charge is 0.191 e. The lowest BCUT2D eigenvalue weighted by atomic mass is 9.99. The maximum atomic E-state index is 12.1. The summed E-state index contributed by atoms with van der Waals surface area (Å²) in [4.78, 5) is 12.1. The molecule has 0 spiro atoms. The lowest BCUT2D eigenvalue weighted by Crippen LogP contribution is -2.22. The summed E-state index contributed by atoms with van der Waals surface area (Å²) in [7, 11) is 3.06. The van der Waals surface area contributed by atoms with Gasteiger partial charge in [-0.3, -0.25) is 4.79 Å². The Morgan fingerprint density at radius 3 is 2.64 bits per heavy atom. The number of carbonyl (C=O) groups is 1. The molecule has 0 aliphatic carbocycles. The normalized spacial score (nSPS) is 10.6. The van der Waals surface area contributed by atoms with Gasteiger partial charge in [0.2, 0.25) is 0 Å². The standard InChI is InChI=1S/C17H17NO4/c1-20-17(21-2)11-22-13-9-12-5-3-4-6-14(12)15(10-13)16(19)7-8-18/h3-6,9-10,17H,7,11H2,1-2H3. The van der Waals surface area contributed by atoms with E-state index in [9.17, 15) is 4.79 Å². The second-order valence-electron chi connectivity index (χ2n) is 4.66. The zero-order chi connectivity index (χ0) is 15.9. The molecule has 2 aromatic carbocycles. The number of ketones is 1. The first-order chi connectivity index (χ1) is 10.7. The van der Waals surface area contributed by atoms with Crippen molar-refractivity contribution in [3.8, 4) is 11.8 Å². The lowest BCUT2D eigenvalue weighted by molar-refractivity contribution is -0.121. The number of benzene rings is 2. The first-order valence-electron chi connectivity index (χ1n) is 6.81. The van der Waals surface area contributed by atoms with Crippen LogP contribution in [0.1, 0.15) is 16.8 Å². The van der Waals surface area contributed by atoms with Crippen LogP contribution < -0.4 is 4.74 Å². The summed E-state index contributed by atoms with van der Waals surface area (Å²) in [6, 6.07) is 12.9. The summed E-state index contributed by atoms with van der Waals surface area (Å²) in [6.45, 7) is 0.206. The molecule has 22 heavy (non-hydrogen) atoms. The molecule has 0 atom stereocenters. The largest absolute Gasteiger partial charge is 0.488 e. The molecule has 0 aliphatic rings. The first kappa shape index (κ1) is 16.0. The van der Waals surface area contributed by atoms with E-state index in [2.05, 4.69) is 0 Å². The molecule has 0 fully saturated rings. The quantitative estimate of drug-likeness (QED) is 0.581. The van der Waals surface area contributed by atoms with Crippen molar-refractivity contribution in [2.24, 2.45) is 0 Å². The Labute approximate surface area is 129 Å². The van der Waals surface area contributed by atoms with Crippen molar-refractivity contribution < 1.29 is 19.0 Å². The van der Waals surface area contributed by atoms with Crippen LogP contribution in [-0.4, -0.2) is 32.9 Å². The zero-order valence-corrected chi connectivity index (χ0v) is 12.5. The number of hydrogen-bond donors (Lipinski definition) is 0. The molecule has 5 heteroatoms. The number of methoxy groups -OCH3 is 2. The highest BCUT2D eigenvalue weighted by atomic mass is 16.7. The van der Waals surface area contributed by atoms with Crippen molar-refractivity contribution in [1.29, 1.82) is 5.26 Å². The van der Waals surface area contributed by atoms with Crippen molar-refractivity contribution in [3.63, 3.8) is 0 Å². The summed E-state index contributed by atoms with van der Waals surface area (Å²) in [5, 5.41) is 10.4. The second kappa shape index (κ2) is 7.55. The highest BCUT2D eigenvalue weighted by molar-refractivity contribution is 6.09. The number of hydrogen-bond acceptors (Lipinski definition) is 5. The Morgan fingerprint density at radius 2 is 1.95 bits per heavy atom. The van der Waals surface area contributed by atoms with E-state index in [-0.39, 0.29) is 18.8 Å². The fraction of sp³-hybridized carbons (Fsp3) is 0.294. The van der Waals surface area contributed by atoms with Crippen LogP contribution in [0.4, 0.5) is 0 Å². The number of ether oxygens (including phenoxy) is 3. The van der Waals surface area contributed by atoms with Gasteiger partial charge in [-0.15, -0.1) is 0 Å². The monoisotopic (exact) mass is 299 g/mol. The minimum Gasteiger partial charge on any atom is -0.488 e. The van der Waals surface area contributed by atoms with E-state index in [1.807, 2.05) is 36.4 Å². The summed E-state index contributed by atoms with van der Waals surface area (Å²) >= 11 is 0. The molecule has 0 saturated heterocycles. The summed E-state index contributed by atoms with van der Waals surface area (Å²) < 4.78 is 15.8. The average Bonchev–Trinajstić information content (AvgIpc) is 2.55. The zero-order valence-electron chi connectivity index (χ0n) is 12.5. The molecule has 5 nitrogen and oxygen atoms in total. The van der Waals surface area contributed by atoms with Crippen LogP contribution in [0.2, 0.25) is 0 Å². The van der Waals surface area contributed by atoms with Gasteiger partial charge in [0.15, 0.2) is 12.1 Å². The summed E-state index contributed by atoms with van der Waals surface area (Å²) in [5.41, 5.74) is 0.487. The topological polar surface area (TPSA) is 68.5 Å². The van der Waals surface area contributed by atoms with Crippen molar-refractivity contribution in [2.75, 3.05) is 20.8 Å². The number of nitrogens with zero attached hydrogens (tertiary/aromatic N) is 1. The molecule has 0 unspecified atom stereocenters. The molecule has 0 radical (unpaired) electrons. The van der Waals surface area contributed by atoms with E-state index in [1.165, 1.54) is 14.2 Å². The molecular formula is C17H17NO4. The van der Waals surface area contributed by atoms with Crippen LogP contribution >= 0.6 is 0 Å². The number of fused-ring (bicyclic) bond motifs is 1. The van der Waals surface area contributed by atoms with Gasteiger partial charge in [0.1, 0.15) is 12.4 Å². The third-order valence-electron chi connectivity index (χ3n) is 3.29. The van der Waals surface area contributed by atoms with Crippen LogP contribution in [0.25, 0.3) is 10.8 Å². The predicted octanol–water partition coefficient (Wildman–Crippen LogP) is 2.93. The van der Waals surface area contributed by atoms with E-state index in [4.69, 9.17) is 19.5 Å². The van der Waals surface area contributed by atoms with Crippen molar-refractivity contribution in [1.82, 2.24) is 0 Å². The van der Waals surface area contributed by atoms with Gasteiger partial charge < -0.3 is 14.2 Å². The lowest BCUT2D eigenvalue weighted by Gasteiger charge is -2.15. The molecule has 114 valence electrons. The van der Waals surface area contributed by atoms with Crippen LogP contribution in [0.15, 0.2) is 36.4 Å². The fourth-order valence-electron chi connectivity index (χ4n) is 2.16. The minimum atomic E-state index is -0.482. The molecule has 0 aromatic heterocycles. The Hall–Kier alpha value is -2.42. The number of nitriles is 1. The summed E-state index contributed by atoms with van der Waals surface area (Å²) in [6.07, 6.45) is -0.642. The molecule has 0 N–H and O–H groups in total. The minimum absolute atomic E-state index is 0.161. The van der Waals surface area contributed by atoms with E-state index >= 15 is 0 Å². The van der Waals surface area contributed by atoms with Crippen LogP contribution in [0, 0.1) is 11.3 Å². The molecule has 0 aliphatic heterocycles. The predicted molar refractivity (Wildman–Crippen MR) is 81.8 cm³/mol. The van der Waals surface area contributed by atoms with Crippen molar-refractivity contribution in [3.05, 3.63) is 42.0 Å². The van der Waals surface area contributed by atoms with Crippen LogP contribution in [0.3, 0.4) is 0 Å². The molecule has 2 aromatic rings. The molecule has 0 saturated carbocycles. The van der Waals surface area contributed by atoms with Gasteiger partial charge in [0.25, 0.3) is 0 Å². The number of carbonyl (C=O) groups excluding carboxylic acids is 1. The van der Waals surface area contributed by atoms with Gasteiger partial charge in [-0.1, -0.05) is 24.3 Å². The highest BCUT2D eigenvalue weighted by Crippen LogP contribution is 2.26. The Kier molecular flexibility index (Phi) is 5.48. The summed E-state index contributed by atoms with van der Waals surface area (Å²) in [5.74, 6) is 0.318. The van der Waals surface area contributed by atoms with E-state index in [1.54, 1.807) is 6.07 Å². The maximum Gasteiger partial charge on any atom is 0.191 e. The SMILES string of the molecule is COC(COc1cc(C(=O)CC#N)c2ccccc2c1)OC. The number of rotatable bonds is 7. The van der Waals surface area contributed by atoms with E-state index in [0.29, 0.717) is 11.3 Å². The Bertz CT molecular complexity index is 701. The third-order valence-corrected chi connectivity index (χ3v) is 3.29. The first-order valence-corrected chi connectivity index (χ1v) is 6.81. The van der Waals surface area contributed by atoms with E-state index < -0.39 is 6.29 Å². The van der Waals surface area contributed by atoms with E-state index in [0.717, 1.165) is 10.8 Å². The fourth-order valence-corrected chi connectivity index (χ4v) is 2.16. The van der Waals surface area contributed by atoms with Gasteiger partial charge in [0, 0.05) is 19.8 Å². The molecule has 0 bridgehead atoms. The van der Waals surface area contributed by atoms with Crippen LogP contribution in [-0.2, 0) is 9.47 Å². The number of Topliss-reactive ketones (excluding diaryl/α,β-unsaturated/α-hetero) is 1.